The van der Waals surface area contributed by atoms with Crippen LogP contribution in [0.4, 0.5) is 5.69 Å². The Hall–Kier alpha value is -2.69. The summed E-state index contributed by atoms with van der Waals surface area (Å²) >= 11 is 0. The fraction of sp³-hybridized carbons (Fsp3) is 0.500. The molecule has 8 nitrogen and oxygen atoms in total. The molecule has 1 aromatic rings. The van der Waals surface area contributed by atoms with Crippen molar-refractivity contribution in [2.24, 2.45) is 0 Å². The van der Waals surface area contributed by atoms with Gasteiger partial charge in [0.2, 0.25) is 5.91 Å². The third-order valence-electron chi connectivity index (χ3n) is 3.11. The summed E-state index contributed by atoms with van der Waals surface area (Å²) in [6, 6.07) is 2.38. The first-order chi connectivity index (χ1) is 10.2. The minimum Gasteiger partial charge on any atom is -0.336 e. The monoisotopic (exact) mass is 306 g/mol. The van der Waals surface area contributed by atoms with Gasteiger partial charge in [0.05, 0.1) is 11.1 Å². The zero-order valence-electron chi connectivity index (χ0n) is 12.9. The van der Waals surface area contributed by atoms with Crippen molar-refractivity contribution in [2.75, 3.05) is 0 Å². The first kappa shape index (κ1) is 17.4. The number of hydrogen-bond acceptors (Lipinski definition) is 5. The highest BCUT2D eigenvalue weighted by Crippen LogP contribution is 2.11. The minimum absolute atomic E-state index is 0.0719. The number of carbonyl (C=O) groups is 1. The number of nitriles is 1. The van der Waals surface area contributed by atoms with Crippen LogP contribution in [0.2, 0.25) is 0 Å². The molecule has 118 valence electrons. The molecule has 0 saturated carbocycles. The maximum absolute atomic E-state index is 12.3. The number of carbonyl (C=O) groups excluding carboxylic acids is 1. The van der Waals surface area contributed by atoms with Crippen LogP contribution in [-0.4, -0.2) is 32.4 Å². The van der Waals surface area contributed by atoms with Crippen LogP contribution in [0.15, 0.2) is 17.1 Å². The molecule has 0 aliphatic rings. The van der Waals surface area contributed by atoms with Crippen molar-refractivity contribution in [2.45, 2.75) is 46.3 Å². The average molecular weight is 306 g/mol. The third-order valence-corrected chi connectivity index (χ3v) is 3.11. The normalized spacial score (nSPS) is 10.6. The van der Waals surface area contributed by atoms with E-state index in [1.165, 1.54) is 0 Å². The second kappa shape index (κ2) is 6.85. The number of nitrogens with zero attached hydrogens (tertiary/aromatic N) is 4. The summed E-state index contributed by atoms with van der Waals surface area (Å²) in [5.41, 5.74) is -1.47. The van der Waals surface area contributed by atoms with Crippen LogP contribution < -0.4 is 5.56 Å². The van der Waals surface area contributed by atoms with Gasteiger partial charge in [0.25, 0.3) is 11.2 Å². The Morgan fingerprint density at radius 1 is 1.41 bits per heavy atom. The highest BCUT2D eigenvalue weighted by Gasteiger charge is 2.22. The maximum atomic E-state index is 12.3. The Bertz CT molecular complexity index is 677. The number of nitro groups is 1. The molecule has 0 unspecified atom stereocenters. The van der Waals surface area contributed by atoms with Crippen molar-refractivity contribution < 1.29 is 9.72 Å². The van der Waals surface area contributed by atoms with E-state index in [1.54, 1.807) is 11.0 Å². The van der Waals surface area contributed by atoms with Gasteiger partial charge in [-0.05, 0) is 27.7 Å². The summed E-state index contributed by atoms with van der Waals surface area (Å²) in [4.78, 5) is 36.1. The predicted octanol–water partition coefficient (Wildman–Crippen LogP) is 1.27. The van der Waals surface area contributed by atoms with Crippen molar-refractivity contribution in [3.05, 3.63) is 38.3 Å². The topological polar surface area (TPSA) is 109 Å². The quantitative estimate of drug-likeness (QED) is 0.601. The van der Waals surface area contributed by atoms with Crippen LogP contribution in [0, 0.1) is 21.4 Å². The Kier molecular flexibility index (Phi) is 5.40. The van der Waals surface area contributed by atoms with E-state index in [2.05, 4.69) is 0 Å². The molecule has 8 heteroatoms. The van der Waals surface area contributed by atoms with Gasteiger partial charge >= 0.3 is 0 Å². The van der Waals surface area contributed by atoms with Gasteiger partial charge in [-0.25, -0.2) is 0 Å². The molecular weight excluding hydrogens is 288 g/mol. The maximum Gasteiger partial charge on any atom is 0.287 e. The van der Waals surface area contributed by atoms with Crippen molar-refractivity contribution in [1.29, 1.82) is 5.26 Å². The van der Waals surface area contributed by atoms with E-state index in [1.807, 2.05) is 27.7 Å². The summed E-state index contributed by atoms with van der Waals surface area (Å²) < 4.78 is 0.913. The van der Waals surface area contributed by atoms with E-state index < -0.39 is 16.2 Å². The molecule has 0 bridgehead atoms. The molecule has 0 radical (unpaired) electrons. The number of hydrogen-bond donors (Lipinski definition) is 0. The second-order valence-corrected chi connectivity index (χ2v) is 5.40. The lowest BCUT2D eigenvalue weighted by Crippen LogP contribution is -2.44. The summed E-state index contributed by atoms with van der Waals surface area (Å²) in [5.74, 6) is -0.337. The number of rotatable bonds is 5. The summed E-state index contributed by atoms with van der Waals surface area (Å²) in [5, 5.41) is 19.7. The lowest BCUT2D eigenvalue weighted by atomic mass is 10.2. The second-order valence-electron chi connectivity index (χ2n) is 5.40. The summed E-state index contributed by atoms with van der Waals surface area (Å²) in [7, 11) is 0. The number of amides is 1. The molecule has 0 fully saturated rings. The van der Waals surface area contributed by atoms with Gasteiger partial charge in [-0.15, -0.1) is 0 Å². The lowest BCUT2D eigenvalue weighted by molar-refractivity contribution is -0.385. The van der Waals surface area contributed by atoms with E-state index in [9.17, 15) is 19.7 Å². The molecule has 22 heavy (non-hydrogen) atoms. The van der Waals surface area contributed by atoms with Gasteiger partial charge in [-0.1, -0.05) is 0 Å². The first-order valence-electron chi connectivity index (χ1n) is 6.79. The van der Waals surface area contributed by atoms with Crippen molar-refractivity contribution in [3.8, 4) is 6.07 Å². The largest absolute Gasteiger partial charge is 0.336 e. The molecule has 0 saturated heterocycles. The fourth-order valence-corrected chi connectivity index (χ4v) is 2.32. The van der Waals surface area contributed by atoms with Crippen LogP contribution in [0.1, 0.15) is 33.3 Å². The van der Waals surface area contributed by atoms with Crippen molar-refractivity contribution in [1.82, 2.24) is 9.47 Å². The molecule has 0 aliphatic heterocycles. The zero-order chi connectivity index (χ0) is 17.0. The van der Waals surface area contributed by atoms with Crippen LogP contribution in [-0.2, 0) is 11.3 Å². The molecule has 1 amide bonds. The predicted molar refractivity (Wildman–Crippen MR) is 79.2 cm³/mol. The van der Waals surface area contributed by atoms with Crippen LogP contribution in [0.25, 0.3) is 0 Å². The smallest absolute Gasteiger partial charge is 0.287 e. The van der Waals surface area contributed by atoms with E-state index in [0.717, 1.165) is 16.8 Å². The molecule has 0 spiro atoms. The Morgan fingerprint density at radius 2 is 1.95 bits per heavy atom. The Morgan fingerprint density at radius 3 is 2.36 bits per heavy atom. The SMILES string of the molecule is CC(C)N(C(=O)Cn1cc([N+](=O)[O-])cc(C#N)c1=O)C(C)C. The Labute approximate surface area is 127 Å². The van der Waals surface area contributed by atoms with Gasteiger partial charge < -0.3 is 4.90 Å². The van der Waals surface area contributed by atoms with Crippen molar-refractivity contribution >= 4 is 11.6 Å². The fourth-order valence-electron chi connectivity index (χ4n) is 2.32. The van der Waals surface area contributed by atoms with E-state index in [0.29, 0.717) is 0 Å². The van der Waals surface area contributed by atoms with Crippen LogP contribution >= 0.6 is 0 Å². The molecule has 1 aromatic heterocycles. The van der Waals surface area contributed by atoms with Gasteiger partial charge in [0, 0.05) is 18.2 Å². The van der Waals surface area contributed by atoms with E-state index in [4.69, 9.17) is 5.26 Å². The summed E-state index contributed by atoms with van der Waals surface area (Å²) in [6.07, 6.45) is 0.986. The molecular formula is C14H18N4O4. The highest BCUT2D eigenvalue weighted by molar-refractivity contribution is 5.76. The minimum atomic E-state index is -0.714. The third kappa shape index (κ3) is 3.69. The van der Waals surface area contributed by atoms with E-state index in [-0.39, 0.29) is 30.1 Å². The zero-order valence-corrected chi connectivity index (χ0v) is 12.9. The molecule has 1 heterocycles. The molecule has 0 atom stereocenters. The Balaban J connectivity index is 3.25. The standard InChI is InChI=1S/C14H18N4O4/c1-9(2)17(10(3)4)13(19)8-16-7-12(18(21)22)5-11(6-15)14(16)20/h5,7,9-10H,8H2,1-4H3. The van der Waals surface area contributed by atoms with Gasteiger partial charge in [-0.2, -0.15) is 5.26 Å². The molecule has 0 aliphatic carbocycles. The van der Waals surface area contributed by atoms with E-state index >= 15 is 0 Å². The number of aromatic nitrogens is 1. The van der Waals surface area contributed by atoms with Gasteiger partial charge in [0.1, 0.15) is 18.2 Å². The number of pyridine rings is 1. The van der Waals surface area contributed by atoms with Crippen molar-refractivity contribution in [3.63, 3.8) is 0 Å². The molecule has 0 aromatic carbocycles. The van der Waals surface area contributed by atoms with Crippen LogP contribution in [0.3, 0.4) is 0 Å². The molecule has 0 N–H and O–H groups in total. The highest BCUT2D eigenvalue weighted by atomic mass is 16.6. The van der Waals surface area contributed by atoms with Gasteiger partial charge in [-0.3, -0.25) is 24.3 Å². The summed E-state index contributed by atoms with van der Waals surface area (Å²) in [6.45, 7) is 7.03. The van der Waals surface area contributed by atoms with Crippen LogP contribution in [0.5, 0.6) is 0 Å². The lowest BCUT2D eigenvalue weighted by Gasteiger charge is -2.31. The average Bonchev–Trinajstić information content (AvgIpc) is 2.39. The first-order valence-corrected chi connectivity index (χ1v) is 6.79. The molecule has 1 rings (SSSR count). The van der Waals surface area contributed by atoms with Gasteiger partial charge in [0.15, 0.2) is 0 Å².